The lowest BCUT2D eigenvalue weighted by Gasteiger charge is -2.11. The van der Waals surface area contributed by atoms with Crippen LogP contribution in [0.5, 0.6) is 0 Å². The summed E-state index contributed by atoms with van der Waals surface area (Å²) in [5, 5.41) is 0. The minimum atomic E-state index is 0.451. The summed E-state index contributed by atoms with van der Waals surface area (Å²) in [4.78, 5) is 4.47. The Morgan fingerprint density at radius 3 is 2.71 bits per heavy atom. The summed E-state index contributed by atoms with van der Waals surface area (Å²) < 4.78 is 2.20. The maximum absolute atomic E-state index is 5.60. The summed E-state index contributed by atoms with van der Waals surface area (Å²) in [5.41, 5.74) is 9.23. The van der Waals surface area contributed by atoms with Crippen molar-refractivity contribution in [3.05, 3.63) is 30.1 Å². The van der Waals surface area contributed by atoms with Gasteiger partial charge in [-0.05, 0) is 50.4 Å². The molecule has 92 valence electrons. The number of nitrogens with two attached hydrogens (primary N) is 1. The predicted molar refractivity (Wildman–Crippen MR) is 72.2 cm³/mol. The zero-order valence-electron chi connectivity index (χ0n) is 10.9. The van der Waals surface area contributed by atoms with Crippen LogP contribution in [0.4, 0.5) is 0 Å². The van der Waals surface area contributed by atoms with E-state index in [0.717, 1.165) is 18.5 Å². The quantitative estimate of drug-likeness (QED) is 0.878. The molecule has 17 heavy (non-hydrogen) atoms. The van der Waals surface area contributed by atoms with Gasteiger partial charge in [-0.1, -0.05) is 13.0 Å². The van der Waals surface area contributed by atoms with Crippen molar-refractivity contribution in [1.82, 2.24) is 9.55 Å². The van der Waals surface area contributed by atoms with Crippen LogP contribution >= 0.6 is 0 Å². The molecule has 1 aromatic heterocycles. The van der Waals surface area contributed by atoms with Crippen molar-refractivity contribution in [1.29, 1.82) is 0 Å². The number of imidazole rings is 1. The van der Waals surface area contributed by atoms with Crippen LogP contribution in [-0.4, -0.2) is 16.1 Å². The third kappa shape index (κ3) is 2.34. The highest BCUT2D eigenvalue weighted by Gasteiger charge is 2.09. The van der Waals surface area contributed by atoms with Gasteiger partial charge in [-0.15, -0.1) is 0 Å². The van der Waals surface area contributed by atoms with Crippen LogP contribution in [0.25, 0.3) is 11.0 Å². The van der Waals surface area contributed by atoms with Gasteiger partial charge in [0.25, 0.3) is 0 Å². The van der Waals surface area contributed by atoms with E-state index in [9.17, 15) is 0 Å². The standard InChI is InChI=1S/C14H21N3/c1-10(2)17-9-16-13-8-12(4-5-14(13)17)11(3)6-7-15/h4-5,8-11H,6-7,15H2,1-3H3. The molecule has 1 aromatic carbocycles. The molecule has 1 heterocycles. The second-order valence-electron chi connectivity index (χ2n) is 4.97. The molecule has 2 aromatic rings. The number of nitrogens with zero attached hydrogens (tertiary/aromatic N) is 2. The van der Waals surface area contributed by atoms with E-state index in [1.54, 1.807) is 0 Å². The van der Waals surface area contributed by atoms with E-state index in [1.807, 2.05) is 6.33 Å². The fourth-order valence-corrected chi connectivity index (χ4v) is 2.18. The molecule has 0 saturated heterocycles. The molecule has 0 fully saturated rings. The average molecular weight is 231 g/mol. The zero-order chi connectivity index (χ0) is 12.4. The molecule has 0 saturated carbocycles. The highest BCUT2D eigenvalue weighted by atomic mass is 15.1. The highest BCUT2D eigenvalue weighted by molar-refractivity contribution is 5.76. The average Bonchev–Trinajstić information content (AvgIpc) is 2.71. The Bertz CT molecular complexity index is 499. The van der Waals surface area contributed by atoms with Crippen molar-refractivity contribution in [3.63, 3.8) is 0 Å². The van der Waals surface area contributed by atoms with Crippen molar-refractivity contribution in [2.45, 2.75) is 39.2 Å². The van der Waals surface area contributed by atoms with Gasteiger partial charge in [0.15, 0.2) is 0 Å². The van der Waals surface area contributed by atoms with Gasteiger partial charge in [0.05, 0.1) is 17.4 Å². The van der Waals surface area contributed by atoms with E-state index in [0.29, 0.717) is 12.0 Å². The monoisotopic (exact) mass is 231 g/mol. The zero-order valence-corrected chi connectivity index (χ0v) is 10.9. The number of hydrogen-bond acceptors (Lipinski definition) is 2. The summed E-state index contributed by atoms with van der Waals surface area (Å²) in [7, 11) is 0. The summed E-state index contributed by atoms with van der Waals surface area (Å²) in [6, 6.07) is 7.01. The lowest BCUT2D eigenvalue weighted by molar-refractivity contribution is 0.617. The second kappa shape index (κ2) is 4.88. The van der Waals surface area contributed by atoms with Gasteiger partial charge in [-0.3, -0.25) is 0 Å². The molecule has 1 unspecified atom stereocenters. The van der Waals surface area contributed by atoms with Crippen LogP contribution in [0, 0.1) is 0 Å². The molecule has 2 N–H and O–H groups in total. The summed E-state index contributed by atoms with van der Waals surface area (Å²) in [6.07, 6.45) is 2.95. The first-order valence-corrected chi connectivity index (χ1v) is 6.30. The highest BCUT2D eigenvalue weighted by Crippen LogP contribution is 2.24. The molecule has 0 radical (unpaired) electrons. The number of rotatable bonds is 4. The van der Waals surface area contributed by atoms with Crippen LogP contribution < -0.4 is 5.73 Å². The normalized spacial score (nSPS) is 13.5. The Balaban J connectivity index is 2.39. The SMILES string of the molecule is CC(CCN)c1ccc2c(c1)ncn2C(C)C. The Hall–Kier alpha value is -1.35. The molecule has 2 rings (SSSR count). The molecule has 0 aliphatic heterocycles. The Kier molecular flexibility index (Phi) is 3.48. The van der Waals surface area contributed by atoms with Crippen molar-refractivity contribution in [2.75, 3.05) is 6.54 Å². The Morgan fingerprint density at radius 1 is 1.29 bits per heavy atom. The Labute approximate surface area is 103 Å². The fourth-order valence-electron chi connectivity index (χ4n) is 2.18. The van der Waals surface area contributed by atoms with E-state index in [-0.39, 0.29) is 0 Å². The first kappa shape index (κ1) is 12.1. The van der Waals surface area contributed by atoms with E-state index >= 15 is 0 Å². The van der Waals surface area contributed by atoms with Crippen LogP contribution in [0.15, 0.2) is 24.5 Å². The molecule has 0 aliphatic rings. The Morgan fingerprint density at radius 2 is 2.06 bits per heavy atom. The van der Waals surface area contributed by atoms with Gasteiger partial charge in [0.1, 0.15) is 0 Å². The molecule has 0 spiro atoms. The predicted octanol–water partition coefficient (Wildman–Crippen LogP) is 3.07. The van der Waals surface area contributed by atoms with Gasteiger partial charge in [-0.25, -0.2) is 4.98 Å². The van der Waals surface area contributed by atoms with Crippen molar-refractivity contribution < 1.29 is 0 Å². The number of benzene rings is 1. The van der Waals surface area contributed by atoms with Crippen molar-refractivity contribution >= 4 is 11.0 Å². The minimum absolute atomic E-state index is 0.451. The summed E-state index contributed by atoms with van der Waals surface area (Å²) in [5.74, 6) is 0.508. The third-order valence-electron chi connectivity index (χ3n) is 3.32. The maximum Gasteiger partial charge on any atom is 0.0960 e. The van der Waals surface area contributed by atoms with Gasteiger partial charge < -0.3 is 10.3 Å². The van der Waals surface area contributed by atoms with Crippen LogP contribution in [-0.2, 0) is 0 Å². The fraction of sp³-hybridized carbons (Fsp3) is 0.500. The summed E-state index contributed by atoms with van der Waals surface area (Å²) in [6.45, 7) is 7.30. The minimum Gasteiger partial charge on any atom is -0.330 e. The number of hydrogen-bond donors (Lipinski definition) is 1. The second-order valence-corrected chi connectivity index (χ2v) is 4.97. The number of aromatic nitrogens is 2. The largest absolute Gasteiger partial charge is 0.330 e. The topological polar surface area (TPSA) is 43.8 Å². The van der Waals surface area contributed by atoms with E-state index < -0.39 is 0 Å². The van der Waals surface area contributed by atoms with Crippen LogP contribution in [0.3, 0.4) is 0 Å². The van der Waals surface area contributed by atoms with Crippen molar-refractivity contribution in [2.24, 2.45) is 5.73 Å². The molecule has 0 amide bonds. The molecule has 3 heteroatoms. The van der Waals surface area contributed by atoms with Gasteiger partial charge in [0.2, 0.25) is 0 Å². The van der Waals surface area contributed by atoms with Gasteiger partial charge >= 0.3 is 0 Å². The number of fused-ring (bicyclic) bond motifs is 1. The molecular weight excluding hydrogens is 210 g/mol. The summed E-state index contributed by atoms with van der Waals surface area (Å²) >= 11 is 0. The van der Waals surface area contributed by atoms with E-state index in [2.05, 4.69) is 48.5 Å². The van der Waals surface area contributed by atoms with Crippen LogP contribution in [0.2, 0.25) is 0 Å². The molecule has 0 bridgehead atoms. The van der Waals surface area contributed by atoms with E-state index in [1.165, 1.54) is 11.1 Å². The lowest BCUT2D eigenvalue weighted by Crippen LogP contribution is -2.04. The first-order chi connectivity index (χ1) is 8.13. The molecule has 3 nitrogen and oxygen atoms in total. The third-order valence-corrected chi connectivity index (χ3v) is 3.32. The smallest absolute Gasteiger partial charge is 0.0960 e. The van der Waals surface area contributed by atoms with Gasteiger partial charge in [-0.2, -0.15) is 0 Å². The molecule has 0 aliphatic carbocycles. The van der Waals surface area contributed by atoms with Crippen molar-refractivity contribution in [3.8, 4) is 0 Å². The maximum atomic E-state index is 5.60. The lowest BCUT2D eigenvalue weighted by atomic mass is 9.97. The first-order valence-electron chi connectivity index (χ1n) is 6.30. The molecule has 1 atom stereocenters. The van der Waals surface area contributed by atoms with E-state index in [4.69, 9.17) is 5.73 Å². The van der Waals surface area contributed by atoms with Gasteiger partial charge in [0, 0.05) is 6.04 Å². The molecular formula is C14H21N3. The van der Waals surface area contributed by atoms with Crippen LogP contribution in [0.1, 0.15) is 44.7 Å².